The molecule has 0 aromatic carbocycles. The molecule has 0 aromatic heterocycles. The lowest BCUT2D eigenvalue weighted by Crippen LogP contribution is -2.55. The summed E-state index contributed by atoms with van der Waals surface area (Å²) in [4.78, 5) is 24.1. The van der Waals surface area contributed by atoms with E-state index in [0.29, 0.717) is 30.0 Å². The van der Waals surface area contributed by atoms with Gasteiger partial charge in [-0.05, 0) is 68.1 Å². The first-order chi connectivity index (χ1) is 11.2. The molecule has 24 heavy (non-hydrogen) atoms. The van der Waals surface area contributed by atoms with Crippen molar-refractivity contribution in [1.82, 2.24) is 0 Å². The van der Waals surface area contributed by atoms with Crippen LogP contribution in [0, 0.1) is 34.5 Å². The van der Waals surface area contributed by atoms with E-state index in [9.17, 15) is 9.59 Å². The standard InChI is InChI=1S/C21H32O3/c1-13-14-7-10-20(3)16(19(14,2)11-8-15(13)22)5-6-17(20)21(4)12-9-18(23)24-21/h13-14,16-17H,5-12H2,1-4H3/t13?,14?,16?,17?,19?,20?,21-/m0/s1. The normalized spacial score (nSPS) is 54.3. The van der Waals surface area contributed by atoms with Gasteiger partial charge < -0.3 is 4.74 Å². The summed E-state index contributed by atoms with van der Waals surface area (Å²) in [5.74, 6) is 2.39. The highest BCUT2D eigenvalue weighted by molar-refractivity contribution is 5.82. The third-order valence-electron chi connectivity index (χ3n) is 8.90. The Balaban J connectivity index is 1.67. The number of fused-ring (bicyclic) bond motifs is 3. The average molecular weight is 332 g/mol. The minimum absolute atomic E-state index is 0.0127. The first kappa shape index (κ1) is 16.6. The zero-order chi connectivity index (χ0) is 17.3. The van der Waals surface area contributed by atoms with Crippen molar-refractivity contribution in [2.75, 3.05) is 0 Å². The zero-order valence-corrected chi connectivity index (χ0v) is 15.7. The molecular formula is C21H32O3. The van der Waals surface area contributed by atoms with E-state index >= 15 is 0 Å². The molecule has 4 rings (SSSR count). The van der Waals surface area contributed by atoms with Gasteiger partial charge in [-0.3, -0.25) is 9.59 Å². The van der Waals surface area contributed by atoms with Crippen LogP contribution in [0.4, 0.5) is 0 Å². The first-order valence-corrected chi connectivity index (χ1v) is 9.95. The SMILES string of the molecule is CC1C(=O)CCC2(C)C1CCC1(C)C2CCC1[C@]1(C)CCC(=O)O1. The molecule has 0 aromatic rings. The van der Waals surface area contributed by atoms with Crippen LogP contribution in [0.5, 0.6) is 0 Å². The summed E-state index contributed by atoms with van der Waals surface area (Å²) < 4.78 is 5.86. The van der Waals surface area contributed by atoms with Crippen LogP contribution in [0.2, 0.25) is 0 Å². The topological polar surface area (TPSA) is 43.4 Å². The average Bonchev–Trinajstić information content (AvgIpc) is 3.05. The van der Waals surface area contributed by atoms with Gasteiger partial charge in [-0.2, -0.15) is 0 Å². The van der Waals surface area contributed by atoms with Gasteiger partial charge >= 0.3 is 5.97 Å². The summed E-state index contributed by atoms with van der Waals surface area (Å²) in [6.45, 7) is 9.28. The predicted octanol–water partition coefficient (Wildman–Crippen LogP) is 4.53. The molecule has 7 atom stereocenters. The maximum atomic E-state index is 12.3. The summed E-state index contributed by atoms with van der Waals surface area (Å²) in [6.07, 6.45) is 8.05. The predicted molar refractivity (Wildman–Crippen MR) is 92.3 cm³/mol. The second-order valence-electron chi connectivity index (χ2n) is 9.88. The van der Waals surface area contributed by atoms with Crippen molar-refractivity contribution in [3.8, 4) is 0 Å². The summed E-state index contributed by atoms with van der Waals surface area (Å²) in [7, 11) is 0. The summed E-state index contributed by atoms with van der Waals surface area (Å²) in [5, 5.41) is 0. The van der Waals surface area contributed by atoms with E-state index in [1.165, 1.54) is 19.3 Å². The van der Waals surface area contributed by atoms with Crippen LogP contribution < -0.4 is 0 Å². The minimum atomic E-state index is -0.264. The first-order valence-electron chi connectivity index (χ1n) is 9.95. The number of carbonyl (C=O) groups is 2. The molecule has 6 unspecified atom stereocenters. The molecule has 0 amide bonds. The lowest BCUT2D eigenvalue weighted by molar-refractivity contribution is -0.165. The number of carbonyl (C=O) groups excluding carboxylic acids is 2. The van der Waals surface area contributed by atoms with E-state index in [1.54, 1.807) is 0 Å². The molecule has 1 aliphatic heterocycles. The molecule has 4 aliphatic rings. The second kappa shape index (κ2) is 5.08. The Kier molecular flexibility index (Phi) is 3.51. The fourth-order valence-electron chi connectivity index (χ4n) is 7.71. The van der Waals surface area contributed by atoms with Gasteiger partial charge in [0.2, 0.25) is 0 Å². The summed E-state index contributed by atoms with van der Waals surface area (Å²) in [5.41, 5.74) is 0.276. The van der Waals surface area contributed by atoms with Crippen molar-refractivity contribution in [3.63, 3.8) is 0 Å². The number of ether oxygens (including phenoxy) is 1. The number of Topliss-reactive ketones (excluding diaryl/α,β-unsaturated/α-hetero) is 1. The number of cyclic esters (lactones) is 1. The van der Waals surface area contributed by atoms with E-state index in [0.717, 1.165) is 25.7 Å². The van der Waals surface area contributed by atoms with Crippen molar-refractivity contribution in [2.45, 2.75) is 84.7 Å². The molecule has 3 heteroatoms. The summed E-state index contributed by atoms with van der Waals surface area (Å²) >= 11 is 0. The maximum Gasteiger partial charge on any atom is 0.306 e. The number of hydrogen-bond acceptors (Lipinski definition) is 3. The molecule has 3 saturated carbocycles. The fraction of sp³-hybridized carbons (Fsp3) is 0.905. The van der Waals surface area contributed by atoms with Crippen molar-refractivity contribution < 1.29 is 14.3 Å². The van der Waals surface area contributed by atoms with Gasteiger partial charge in [0.15, 0.2) is 0 Å². The molecule has 1 saturated heterocycles. The van der Waals surface area contributed by atoms with Gasteiger partial charge in [-0.15, -0.1) is 0 Å². The largest absolute Gasteiger partial charge is 0.459 e. The van der Waals surface area contributed by atoms with Crippen LogP contribution in [0.3, 0.4) is 0 Å². The number of esters is 1. The van der Waals surface area contributed by atoms with Crippen molar-refractivity contribution >= 4 is 11.8 Å². The Morgan fingerprint density at radius 3 is 2.25 bits per heavy atom. The Bertz CT molecular complexity index is 584. The molecule has 0 spiro atoms. The van der Waals surface area contributed by atoms with Gasteiger partial charge in [-0.25, -0.2) is 0 Å². The highest BCUT2D eigenvalue weighted by Crippen LogP contribution is 2.69. The van der Waals surface area contributed by atoms with Crippen LogP contribution in [0.15, 0.2) is 0 Å². The van der Waals surface area contributed by atoms with Crippen LogP contribution in [0.25, 0.3) is 0 Å². The van der Waals surface area contributed by atoms with Gasteiger partial charge in [-0.1, -0.05) is 20.8 Å². The Morgan fingerprint density at radius 1 is 0.875 bits per heavy atom. The quantitative estimate of drug-likeness (QED) is 0.663. The van der Waals surface area contributed by atoms with Gasteiger partial charge in [0.05, 0.1) is 0 Å². The van der Waals surface area contributed by atoms with E-state index in [1.807, 2.05) is 0 Å². The highest BCUT2D eigenvalue weighted by Gasteiger charge is 2.65. The lowest BCUT2D eigenvalue weighted by atomic mass is 9.45. The van der Waals surface area contributed by atoms with E-state index in [2.05, 4.69) is 27.7 Å². The van der Waals surface area contributed by atoms with Crippen molar-refractivity contribution in [3.05, 3.63) is 0 Å². The Hall–Kier alpha value is -0.860. The third-order valence-corrected chi connectivity index (χ3v) is 8.90. The smallest absolute Gasteiger partial charge is 0.306 e. The Morgan fingerprint density at radius 2 is 1.58 bits per heavy atom. The van der Waals surface area contributed by atoms with Crippen molar-refractivity contribution in [2.24, 2.45) is 34.5 Å². The fourth-order valence-corrected chi connectivity index (χ4v) is 7.71. The van der Waals surface area contributed by atoms with Crippen LogP contribution in [-0.2, 0) is 14.3 Å². The van der Waals surface area contributed by atoms with E-state index in [-0.39, 0.29) is 28.3 Å². The maximum absolute atomic E-state index is 12.3. The second-order valence-corrected chi connectivity index (χ2v) is 9.88. The minimum Gasteiger partial charge on any atom is -0.459 e. The van der Waals surface area contributed by atoms with Crippen LogP contribution in [-0.4, -0.2) is 17.4 Å². The molecule has 3 nitrogen and oxygen atoms in total. The molecule has 134 valence electrons. The molecule has 1 heterocycles. The number of rotatable bonds is 1. The van der Waals surface area contributed by atoms with Gasteiger partial charge in [0, 0.05) is 24.7 Å². The van der Waals surface area contributed by atoms with E-state index < -0.39 is 0 Å². The van der Waals surface area contributed by atoms with Crippen molar-refractivity contribution in [1.29, 1.82) is 0 Å². The Labute approximate surface area is 145 Å². The molecule has 0 radical (unpaired) electrons. The van der Waals surface area contributed by atoms with E-state index in [4.69, 9.17) is 4.74 Å². The molecule has 4 fully saturated rings. The van der Waals surface area contributed by atoms with Gasteiger partial charge in [0.25, 0.3) is 0 Å². The zero-order valence-electron chi connectivity index (χ0n) is 15.7. The highest BCUT2D eigenvalue weighted by atomic mass is 16.6. The molecule has 0 N–H and O–H groups in total. The van der Waals surface area contributed by atoms with Gasteiger partial charge in [0.1, 0.15) is 11.4 Å². The monoisotopic (exact) mass is 332 g/mol. The molecule has 0 bridgehead atoms. The molecular weight excluding hydrogens is 300 g/mol. The molecule has 3 aliphatic carbocycles. The van der Waals surface area contributed by atoms with Crippen LogP contribution >= 0.6 is 0 Å². The lowest BCUT2D eigenvalue weighted by Gasteiger charge is -2.59. The van der Waals surface area contributed by atoms with Crippen LogP contribution in [0.1, 0.15) is 79.1 Å². The third kappa shape index (κ3) is 2.02. The number of ketones is 1. The summed E-state index contributed by atoms with van der Waals surface area (Å²) in [6, 6.07) is 0. The number of hydrogen-bond donors (Lipinski definition) is 0.